The lowest BCUT2D eigenvalue weighted by molar-refractivity contribution is 0.0235. The molecule has 1 atom stereocenters. The van der Waals surface area contributed by atoms with Gasteiger partial charge in [-0.15, -0.1) is 0 Å². The third kappa shape index (κ3) is 2.79. The minimum absolute atomic E-state index is 0.106. The van der Waals surface area contributed by atoms with Crippen molar-refractivity contribution in [1.82, 2.24) is 15.0 Å². The van der Waals surface area contributed by atoms with Crippen molar-refractivity contribution in [2.75, 3.05) is 33.7 Å². The SMILES string of the molecule is Cc1noc(C)c1C(=O)N1CC[C@@](O)(CN(C)C)C1. The van der Waals surface area contributed by atoms with E-state index in [0.29, 0.717) is 43.1 Å². The van der Waals surface area contributed by atoms with Gasteiger partial charge in [-0.25, -0.2) is 0 Å². The Kier molecular flexibility index (Phi) is 3.64. The number of likely N-dealkylation sites (tertiary alicyclic amines) is 1. The fourth-order valence-electron chi connectivity index (χ4n) is 2.69. The lowest BCUT2D eigenvalue weighted by Gasteiger charge is -2.26. The van der Waals surface area contributed by atoms with Crippen molar-refractivity contribution in [3.8, 4) is 0 Å². The van der Waals surface area contributed by atoms with Crippen LogP contribution in [0, 0.1) is 13.8 Å². The molecule has 1 aromatic rings. The summed E-state index contributed by atoms with van der Waals surface area (Å²) < 4.78 is 5.02. The van der Waals surface area contributed by atoms with E-state index in [4.69, 9.17) is 4.52 Å². The average Bonchev–Trinajstić information content (AvgIpc) is 2.82. The molecular weight excluding hydrogens is 246 g/mol. The van der Waals surface area contributed by atoms with Gasteiger partial charge < -0.3 is 19.4 Å². The summed E-state index contributed by atoms with van der Waals surface area (Å²) in [5, 5.41) is 14.2. The molecule has 1 aliphatic rings. The van der Waals surface area contributed by atoms with Gasteiger partial charge in [-0.2, -0.15) is 0 Å². The number of β-amino-alcohol motifs (C(OH)–C–C–N with tert-alkyl or cyclic N) is 1. The molecule has 1 aromatic heterocycles. The van der Waals surface area contributed by atoms with E-state index in [-0.39, 0.29) is 5.91 Å². The van der Waals surface area contributed by atoms with E-state index in [9.17, 15) is 9.90 Å². The summed E-state index contributed by atoms with van der Waals surface area (Å²) in [6.07, 6.45) is 0.598. The minimum atomic E-state index is -0.821. The lowest BCUT2D eigenvalue weighted by atomic mass is 10.0. The standard InChI is InChI=1S/C13H21N3O3/c1-9-11(10(2)19-14-9)12(17)16-6-5-13(18,8-16)7-15(3)4/h18H,5-8H2,1-4H3/t13-/m1/s1. The summed E-state index contributed by atoms with van der Waals surface area (Å²) in [7, 11) is 3.83. The van der Waals surface area contributed by atoms with Gasteiger partial charge in [-0.3, -0.25) is 4.79 Å². The van der Waals surface area contributed by atoms with Crippen LogP contribution in [0.1, 0.15) is 28.2 Å². The molecule has 0 spiro atoms. The summed E-state index contributed by atoms with van der Waals surface area (Å²) in [6, 6.07) is 0. The van der Waals surface area contributed by atoms with Crippen LogP contribution in [0.3, 0.4) is 0 Å². The second-order valence-corrected chi connectivity index (χ2v) is 5.64. The van der Waals surface area contributed by atoms with Gasteiger partial charge in [0.15, 0.2) is 0 Å². The number of likely N-dealkylation sites (N-methyl/N-ethyl adjacent to an activating group) is 1. The lowest BCUT2D eigenvalue weighted by Crippen LogP contribution is -2.43. The molecule has 0 unspecified atom stereocenters. The molecule has 2 rings (SSSR count). The van der Waals surface area contributed by atoms with Crippen molar-refractivity contribution in [2.24, 2.45) is 0 Å². The van der Waals surface area contributed by atoms with Crippen LogP contribution in [0.2, 0.25) is 0 Å². The van der Waals surface area contributed by atoms with Gasteiger partial charge in [0.2, 0.25) is 0 Å². The Morgan fingerprint density at radius 2 is 2.21 bits per heavy atom. The summed E-state index contributed by atoms with van der Waals surface area (Å²) in [5.74, 6) is 0.427. The second kappa shape index (κ2) is 4.94. The topological polar surface area (TPSA) is 69.8 Å². The van der Waals surface area contributed by atoms with Crippen LogP contribution in [0.4, 0.5) is 0 Å². The van der Waals surface area contributed by atoms with Crippen LogP contribution in [0.15, 0.2) is 4.52 Å². The van der Waals surface area contributed by atoms with E-state index >= 15 is 0 Å². The van der Waals surface area contributed by atoms with E-state index in [1.165, 1.54) is 0 Å². The van der Waals surface area contributed by atoms with Crippen LogP contribution in [0.25, 0.3) is 0 Å². The number of aliphatic hydroxyl groups is 1. The summed E-state index contributed by atoms with van der Waals surface area (Å²) in [5.41, 5.74) is 0.303. The number of hydrogen-bond donors (Lipinski definition) is 1. The van der Waals surface area contributed by atoms with Crippen molar-refractivity contribution in [3.63, 3.8) is 0 Å². The molecule has 1 N–H and O–H groups in total. The molecule has 0 aliphatic carbocycles. The first-order valence-corrected chi connectivity index (χ1v) is 6.42. The maximum absolute atomic E-state index is 12.4. The first-order valence-electron chi connectivity index (χ1n) is 6.42. The molecule has 1 fully saturated rings. The Morgan fingerprint density at radius 1 is 1.53 bits per heavy atom. The zero-order chi connectivity index (χ0) is 14.2. The number of nitrogens with zero attached hydrogens (tertiary/aromatic N) is 3. The Balaban J connectivity index is 2.11. The monoisotopic (exact) mass is 267 g/mol. The predicted molar refractivity (Wildman–Crippen MR) is 70.0 cm³/mol. The maximum Gasteiger partial charge on any atom is 0.259 e. The molecule has 106 valence electrons. The molecule has 1 amide bonds. The van der Waals surface area contributed by atoms with Crippen molar-refractivity contribution < 1.29 is 14.4 Å². The van der Waals surface area contributed by atoms with Gasteiger partial charge in [-0.05, 0) is 34.4 Å². The van der Waals surface area contributed by atoms with Gasteiger partial charge in [-0.1, -0.05) is 5.16 Å². The van der Waals surface area contributed by atoms with Crippen LogP contribution < -0.4 is 0 Å². The smallest absolute Gasteiger partial charge is 0.259 e. The Morgan fingerprint density at radius 3 is 2.74 bits per heavy atom. The quantitative estimate of drug-likeness (QED) is 0.860. The van der Waals surface area contributed by atoms with Crippen molar-refractivity contribution in [3.05, 3.63) is 17.0 Å². The van der Waals surface area contributed by atoms with Gasteiger partial charge in [0.25, 0.3) is 5.91 Å². The second-order valence-electron chi connectivity index (χ2n) is 5.64. The molecule has 0 bridgehead atoms. The summed E-state index contributed by atoms with van der Waals surface area (Å²) in [4.78, 5) is 16.0. The summed E-state index contributed by atoms with van der Waals surface area (Å²) >= 11 is 0. The molecule has 19 heavy (non-hydrogen) atoms. The largest absolute Gasteiger partial charge is 0.387 e. The zero-order valence-electron chi connectivity index (χ0n) is 11.9. The first kappa shape index (κ1) is 14.0. The molecule has 2 heterocycles. The average molecular weight is 267 g/mol. The summed E-state index contributed by atoms with van der Waals surface area (Å²) in [6.45, 7) is 4.96. The van der Waals surface area contributed by atoms with E-state index in [0.717, 1.165) is 0 Å². The third-order valence-electron chi connectivity index (χ3n) is 3.48. The molecule has 1 aliphatic heterocycles. The maximum atomic E-state index is 12.4. The fourth-order valence-corrected chi connectivity index (χ4v) is 2.69. The number of hydrogen-bond acceptors (Lipinski definition) is 5. The number of carbonyl (C=O) groups excluding carboxylic acids is 1. The molecule has 1 saturated heterocycles. The number of aryl methyl sites for hydroxylation is 2. The molecule has 6 heteroatoms. The highest BCUT2D eigenvalue weighted by molar-refractivity contribution is 5.96. The predicted octanol–water partition coefficient (Wildman–Crippen LogP) is 0.430. The number of aromatic nitrogens is 1. The van der Waals surface area contributed by atoms with Crippen LogP contribution in [0.5, 0.6) is 0 Å². The third-order valence-corrected chi connectivity index (χ3v) is 3.48. The van der Waals surface area contributed by atoms with E-state index in [2.05, 4.69) is 5.16 Å². The fraction of sp³-hybridized carbons (Fsp3) is 0.692. The number of carbonyl (C=O) groups is 1. The molecular formula is C13H21N3O3. The highest BCUT2D eigenvalue weighted by atomic mass is 16.5. The highest BCUT2D eigenvalue weighted by Crippen LogP contribution is 2.25. The number of amides is 1. The van der Waals surface area contributed by atoms with Gasteiger partial charge in [0, 0.05) is 13.1 Å². The van der Waals surface area contributed by atoms with Crippen molar-refractivity contribution >= 4 is 5.91 Å². The van der Waals surface area contributed by atoms with Crippen LogP contribution >= 0.6 is 0 Å². The van der Waals surface area contributed by atoms with E-state index in [1.54, 1.807) is 18.7 Å². The molecule has 0 aromatic carbocycles. The molecule has 6 nitrogen and oxygen atoms in total. The minimum Gasteiger partial charge on any atom is -0.387 e. The van der Waals surface area contributed by atoms with Crippen molar-refractivity contribution in [2.45, 2.75) is 25.9 Å². The van der Waals surface area contributed by atoms with Gasteiger partial charge >= 0.3 is 0 Å². The van der Waals surface area contributed by atoms with E-state index in [1.807, 2.05) is 19.0 Å². The Bertz CT molecular complexity index is 464. The van der Waals surface area contributed by atoms with Crippen LogP contribution in [-0.4, -0.2) is 65.3 Å². The Labute approximate surface area is 113 Å². The van der Waals surface area contributed by atoms with Crippen LogP contribution in [-0.2, 0) is 0 Å². The number of rotatable bonds is 3. The highest BCUT2D eigenvalue weighted by Gasteiger charge is 2.39. The molecule has 0 radical (unpaired) electrons. The van der Waals surface area contributed by atoms with Crippen molar-refractivity contribution in [1.29, 1.82) is 0 Å². The first-order chi connectivity index (χ1) is 8.82. The normalized spacial score (nSPS) is 23.4. The molecule has 0 saturated carbocycles. The van der Waals surface area contributed by atoms with E-state index < -0.39 is 5.60 Å². The zero-order valence-corrected chi connectivity index (χ0v) is 11.9. The van der Waals surface area contributed by atoms with Gasteiger partial charge in [0.05, 0.1) is 17.8 Å². The van der Waals surface area contributed by atoms with Gasteiger partial charge in [0.1, 0.15) is 11.3 Å². The Hall–Kier alpha value is -1.40.